The molecule has 3 aromatic carbocycles. The summed E-state index contributed by atoms with van der Waals surface area (Å²) < 4.78 is 11.1. The Balaban J connectivity index is 1.90. The zero-order valence-electron chi connectivity index (χ0n) is 14.1. The first-order valence-corrected chi connectivity index (χ1v) is 8.16. The average molecular weight is 344 g/mol. The van der Waals surface area contributed by atoms with E-state index in [9.17, 15) is 9.90 Å². The van der Waals surface area contributed by atoms with Crippen molar-refractivity contribution in [2.45, 2.75) is 0 Å². The molecule has 0 aliphatic carbocycles. The Morgan fingerprint density at radius 3 is 2.27 bits per heavy atom. The van der Waals surface area contributed by atoms with E-state index in [1.54, 1.807) is 19.2 Å². The van der Waals surface area contributed by atoms with Gasteiger partial charge in [-0.05, 0) is 35.4 Å². The fourth-order valence-electron chi connectivity index (χ4n) is 2.96. The molecule has 4 rings (SSSR count). The Kier molecular flexibility index (Phi) is 3.93. The largest absolute Gasteiger partial charge is 0.507 e. The maximum absolute atomic E-state index is 12.5. The zero-order chi connectivity index (χ0) is 18.1. The molecule has 4 heteroatoms. The van der Waals surface area contributed by atoms with Crippen LogP contribution in [0.1, 0.15) is 0 Å². The second-order valence-corrected chi connectivity index (χ2v) is 5.94. The molecule has 4 nitrogen and oxygen atoms in total. The van der Waals surface area contributed by atoms with Crippen LogP contribution < -0.4 is 10.2 Å². The molecule has 0 unspecified atom stereocenters. The van der Waals surface area contributed by atoms with Crippen LogP contribution in [0.2, 0.25) is 0 Å². The highest BCUT2D eigenvalue weighted by molar-refractivity contribution is 5.89. The summed E-state index contributed by atoms with van der Waals surface area (Å²) in [5.74, 6) is 1.12. The molecule has 1 N–H and O–H groups in total. The molecule has 128 valence electrons. The van der Waals surface area contributed by atoms with E-state index in [4.69, 9.17) is 9.15 Å². The van der Waals surface area contributed by atoms with Crippen molar-refractivity contribution in [3.63, 3.8) is 0 Å². The van der Waals surface area contributed by atoms with Gasteiger partial charge in [0.25, 0.3) is 0 Å². The van der Waals surface area contributed by atoms with E-state index in [-0.39, 0.29) is 16.6 Å². The van der Waals surface area contributed by atoms with Crippen molar-refractivity contribution >= 4 is 11.0 Å². The number of methoxy groups -OCH3 is 1. The van der Waals surface area contributed by atoms with Gasteiger partial charge in [0.1, 0.15) is 28.2 Å². The predicted octanol–water partition coefficient (Wildman–Crippen LogP) is 4.84. The van der Waals surface area contributed by atoms with E-state index >= 15 is 0 Å². The minimum Gasteiger partial charge on any atom is -0.507 e. The summed E-state index contributed by atoms with van der Waals surface area (Å²) in [7, 11) is 1.61. The molecule has 0 spiro atoms. The summed E-state index contributed by atoms with van der Waals surface area (Å²) >= 11 is 0. The maximum atomic E-state index is 12.5. The number of phenolic OH excluding ortho intramolecular Hbond substituents is 1. The minimum absolute atomic E-state index is 0.0957. The van der Waals surface area contributed by atoms with Crippen molar-refractivity contribution in [1.82, 2.24) is 0 Å². The van der Waals surface area contributed by atoms with Crippen LogP contribution >= 0.6 is 0 Å². The molecule has 4 aromatic rings. The average Bonchev–Trinajstić information content (AvgIpc) is 2.68. The monoisotopic (exact) mass is 344 g/mol. The summed E-state index contributed by atoms with van der Waals surface area (Å²) in [6.45, 7) is 0. The lowest BCUT2D eigenvalue weighted by atomic mass is 10.0. The summed E-state index contributed by atoms with van der Waals surface area (Å²) in [5.41, 5.74) is 2.52. The van der Waals surface area contributed by atoms with Gasteiger partial charge in [-0.25, -0.2) is 0 Å². The summed E-state index contributed by atoms with van der Waals surface area (Å²) in [6, 6.07) is 21.6. The van der Waals surface area contributed by atoms with Gasteiger partial charge in [0.2, 0.25) is 0 Å². The number of benzene rings is 3. The van der Waals surface area contributed by atoms with Crippen LogP contribution in [0.4, 0.5) is 0 Å². The first kappa shape index (κ1) is 16.0. The molecule has 0 aliphatic heterocycles. The fourth-order valence-corrected chi connectivity index (χ4v) is 2.96. The van der Waals surface area contributed by atoms with Crippen molar-refractivity contribution in [1.29, 1.82) is 0 Å². The van der Waals surface area contributed by atoms with Crippen LogP contribution in [0.3, 0.4) is 0 Å². The number of fused-ring (bicyclic) bond motifs is 1. The highest BCUT2D eigenvalue weighted by atomic mass is 16.5. The zero-order valence-corrected chi connectivity index (χ0v) is 14.1. The molecule has 1 heterocycles. The molecule has 1 aromatic heterocycles. The Morgan fingerprint density at radius 1 is 0.846 bits per heavy atom. The van der Waals surface area contributed by atoms with Gasteiger partial charge in [-0.3, -0.25) is 4.79 Å². The van der Waals surface area contributed by atoms with E-state index in [0.29, 0.717) is 11.3 Å². The Bertz CT molecular complexity index is 1130. The molecule has 0 fully saturated rings. The van der Waals surface area contributed by atoms with Crippen molar-refractivity contribution in [3.8, 4) is 33.9 Å². The molecule has 0 aliphatic rings. The van der Waals surface area contributed by atoms with E-state index in [1.807, 2.05) is 54.6 Å². The van der Waals surface area contributed by atoms with Gasteiger partial charge in [0.15, 0.2) is 5.43 Å². The minimum atomic E-state index is -0.274. The fraction of sp³-hybridized carbons (Fsp3) is 0.0455. The van der Waals surface area contributed by atoms with Gasteiger partial charge < -0.3 is 14.3 Å². The number of aromatic hydroxyl groups is 1. The first-order valence-electron chi connectivity index (χ1n) is 8.16. The molecule has 0 atom stereocenters. The highest BCUT2D eigenvalue weighted by Gasteiger charge is 2.13. The molecule has 0 saturated heterocycles. The third-order valence-corrected chi connectivity index (χ3v) is 4.29. The van der Waals surface area contributed by atoms with E-state index in [1.165, 1.54) is 6.07 Å². The van der Waals surface area contributed by atoms with Gasteiger partial charge in [-0.1, -0.05) is 42.5 Å². The van der Waals surface area contributed by atoms with Crippen molar-refractivity contribution in [2.75, 3.05) is 7.11 Å². The number of hydrogen-bond donors (Lipinski definition) is 1. The lowest BCUT2D eigenvalue weighted by Gasteiger charge is -2.08. The van der Waals surface area contributed by atoms with Crippen molar-refractivity contribution in [2.24, 2.45) is 0 Å². The number of rotatable bonds is 3. The smallest absolute Gasteiger partial charge is 0.197 e. The van der Waals surface area contributed by atoms with Crippen molar-refractivity contribution < 1.29 is 14.3 Å². The molecule has 0 bridgehead atoms. The maximum Gasteiger partial charge on any atom is 0.197 e. The van der Waals surface area contributed by atoms with Crippen LogP contribution in [0.25, 0.3) is 33.4 Å². The predicted molar refractivity (Wildman–Crippen MR) is 102 cm³/mol. The molecular weight excluding hydrogens is 328 g/mol. The third-order valence-electron chi connectivity index (χ3n) is 4.29. The van der Waals surface area contributed by atoms with Crippen LogP contribution in [0.15, 0.2) is 82.0 Å². The normalized spacial score (nSPS) is 10.8. The molecular formula is C22H16O4. The Hall–Kier alpha value is -3.53. The second-order valence-electron chi connectivity index (χ2n) is 5.94. The number of phenols is 1. The van der Waals surface area contributed by atoms with Crippen molar-refractivity contribution in [3.05, 3.63) is 83.0 Å². The standard InChI is InChI=1S/C22H16O4/c1-25-17-9-7-14(8-10-17)16-11-18(23)22-19(24)13-20(26-21(22)12-16)15-5-3-2-4-6-15/h2-13,23H,1H3. The molecule has 0 radical (unpaired) electrons. The van der Waals surface area contributed by atoms with Gasteiger partial charge in [-0.15, -0.1) is 0 Å². The number of ether oxygens (including phenoxy) is 1. The first-order chi connectivity index (χ1) is 12.7. The van der Waals surface area contributed by atoms with E-state index in [0.717, 1.165) is 22.4 Å². The lowest BCUT2D eigenvalue weighted by molar-refractivity contribution is 0.415. The highest BCUT2D eigenvalue weighted by Crippen LogP contribution is 2.32. The van der Waals surface area contributed by atoms with Crippen LogP contribution in [0, 0.1) is 0 Å². The van der Waals surface area contributed by atoms with Crippen LogP contribution in [-0.4, -0.2) is 12.2 Å². The van der Waals surface area contributed by atoms with Gasteiger partial charge in [-0.2, -0.15) is 0 Å². The molecule has 0 saturated carbocycles. The SMILES string of the molecule is COc1ccc(-c2cc(O)c3c(=O)cc(-c4ccccc4)oc3c2)cc1. The van der Waals surface area contributed by atoms with Gasteiger partial charge in [0.05, 0.1) is 7.11 Å². The Morgan fingerprint density at radius 2 is 1.58 bits per heavy atom. The summed E-state index contributed by atoms with van der Waals surface area (Å²) in [4.78, 5) is 12.5. The van der Waals surface area contributed by atoms with Gasteiger partial charge >= 0.3 is 0 Å². The molecule has 26 heavy (non-hydrogen) atoms. The van der Waals surface area contributed by atoms with Crippen LogP contribution in [-0.2, 0) is 0 Å². The Labute approximate surface area is 149 Å². The van der Waals surface area contributed by atoms with E-state index in [2.05, 4.69) is 0 Å². The molecule has 0 amide bonds. The topological polar surface area (TPSA) is 59.7 Å². The van der Waals surface area contributed by atoms with E-state index < -0.39 is 0 Å². The summed E-state index contributed by atoms with van der Waals surface area (Å²) in [5, 5.41) is 10.6. The van der Waals surface area contributed by atoms with Gasteiger partial charge in [0, 0.05) is 11.6 Å². The quantitative estimate of drug-likeness (QED) is 0.578. The third kappa shape index (κ3) is 2.82. The second kappa shape index (κ2) is 6.41. The summed E-state index contributed by atoms with van der Waals surface area (Å²) in [6.07, 6.45) is 0. The lowest BCUT2D eigenvalue weighted by Crippen LogP contribution is -2.01. The number of hydrogen-bond acceptors (Lipinski definition) is 4. The van der Waals surface area contributed by atoms with Crippen LogP contribution in [0.5, 0.6) is 11.5 Å².